The molecule has 1 unspecified atom stereocenters. The van der Waals surface area contributed by atoms with Gasteiger partial charge in [0.05, 0.1) is 19.0 Å². The fourth-order valence-electron chi connectivity index (χ4n) is 5.56. The van der Waals surface area contributed by atoms with Gasteiger partial charge in [0.15, 0.2) is 0 Å². The summed E-state index contributed by atoms with van der Waals surface area (Å²) in [6.07, 6.45) is 21.7. The number of hydrogen-bond acceptors (Lipinski definition) is 7. The van der Waals surface area contributed by atoms with Crippen molar-refractivity contribution in [2.75, 3.05) is 53.7 Å². The number of ether oxygens (including phenoxy) is 3. The standard InChI is InChI=1S/C30H59NO4.C9H20.C5H12N2O.C2H6/c1-6-28(23-22-27(4)5)26-35-30(33)21-17-12-9-10-14-18-24-31(7-2)25-19-15-11-13-16-20-29(32)34-8-3;1-8(2)6-5-7-9(3)4;1-5(6-2)7-4-8-3;1-2/h27-28H,6-26H2,1-5H3;8-9H,5-7H2,1-4H3;4H2,1-3H3,(H,6,7);1-2H3. The van der Waals surface area contributed by atoms with Crippen molar-refractivity contribution in [3.8, 4) is 0 Å². The van der Waals surface area contributed by atoms with Gasteiger partial charge in [-0.15, -0.1) is 0 Å². The van der Waals surface area contributed by atoms with Crippen LogP contribution in [-0.4, -0.2) is 76.4 Å². The Kier molecular flexibility index (Phi) is 51.9. The molecule has 0 rings (SSSR count). The first-order chi connectivity index (χ1) is 25.9. The Morgan fingerprint density at radius 1 is 0.630 bits per heavy atom. The number of hydrogen-bond donors (Lipinski definition) is 1. The van der Waals surface area contributed by atoms with Gasteiger partial charge in [-0.2, -0.15) is 0 Å². The Morgan fingerprint density at radius 2 is 1.07 bits per heavy atom. The molecule has 0 amide bonds. The van der Waals surface area contributed by atoms with E-state index in [4.69, 9.17) is 14.2 Å². The molecular formula is C46H97N3O5. The maximum absolute atomic E-state index is 12.0. The van der Waals surface area contributed by atoms with Crippen LogP contribution >= 0.6 is 0 Å². The van der Waals surface area contributed by atoms with E-state index in [-0.39, 0.29) is 11.9 Å². The monoisotopic (exact) mass is 772 g/mol. The zero-order valence-corrected chi connectivity index (χ0v) is 38.9. The number of nitrogens with zero attached hydrogens (tertiary/aromatic N) is 2. The molecule has 0 aromatic rings. The van der Waals surface area contributed by atoms with Crippen LogP contribution in [0.25, 0.3) is 0 Å². The number of rotatable bonds is 31. The van der Waals surface area contributed by atoms with Gasteiger partial charge < -0.3 is 24.4 Å². The molecule has 0 aliphatic carbocycles. The van der Waals surface area contributed by atoms with Gasteiger partial charge in [0.2, 0.25) is 0 Å². The first-order valence-corrected chi connectivity index (χ1v) is 22.6. The highest BCUT2D eigenvalue weighted by Crippen LogP contribution is 2.17. The van der Waals surface area contributed by atoms with Crippen molar-refractivity contribution in [1.82, 2.24) is 10.2 Å². The summed E-state index contributed by atoms with van der Waals surface area (Å²) in [5.41, 5.74) is 0. The number of methoxy groups -OCH3 is 1. The van der Waals surface area contributed by atoms with Gasteiger partial charge in [-0.05, 0) is 89.3 Å². The highest BCUT2D eigenvalue weighted by molar-refractivity contribution is 5.79. The molecule has 326 valence electrons. The number of carbonyl (C=O) groups excluding carboxylic acids is 2. The molecule has 0 aliphatic heterocycles. The molecular weight excluding hydrogens is 675 g/mol. The zero-order valence-electron chi connectivity index (χ0n) is 38.9. The van der Waals surface area contributed by atoms with Gasteiger partial charge >= 0.3 is 11.9 Å². The second kappa shape index (κ2) is 47.5. The lowest BCUT2D eigenvalue weighted by atomic mass is 9.96. The highest BCUT2D eigenvalue weighted by Gasteiger charge is 2.11. The van der Waals surface area contributed by atoms with E-state index in [1.165, 1.54) is 83.7 Å². The van der Waals surface area contributed by atoms with E-state index in [9.17, 15) is 9.59 Å². The molecule has 0 radical (unpaired) electrons. The second-order valence-corrected chi connectivity index (χ2v) is 15.7. The topological polar surface area (TPSA) is 89.5 Å². The third-order valence-electron chi connectivity index (χ3n) is 9.29. The molecule has 0 aromatic carbocycles. The Hall–Kier alpha value is -1.67. The van der Waals surface area contributed by atoms with Crippen molar-refractivity contribution in [2.24, 2.45) is 28.7 Å². The number of esters is 2. The molecule has 0 aliphatic rings. The molecule has 8 heteroatoms. The van der Waals surface area contributed by atoms with Crippen LogP contribution < -0.4 is 5.32 Å². The molecule has 0 fully saturated rings. The van der Waals surface area contributed by atoms with Gasteiger partial charge in [-0.1, -0.05) is 146 Å². The van der Waals surface area contributed by atoms with Crippen LogP contribution in [0.5, 0.6) is 0 Å². The third-order valence-corrected chi connectivity index (χ3v) is 9.29. The summed E-state index contributed by atoms with van der Waals surface area (Å²) >= 11 is 0. The number of carbonyl (C=O) groups is 2. The SMILES string of the molecule is CC.CC(C)CCCC(C)C.CCOC(=O)CCCCCCCN(CC)CCCCCCCCC(=O)OCC(CC)CCC(C)C.CN=C(C)NCOC. The predicted octanol–water partition coefficient (Wildman–Crippen LogP) is 12.7. The fraction of sp³-hybridized carbons (Fsp3) is 0.935. The minimum atomic E-state index is -0.0554. The first kappa shape index (κ1) is 59.0. The van der Waals surface area contributed by atoms with E-state index in [2.05, 4.69) is 70.6 Å². The van der Waals surface area contributed by atoms with Crippen LogP contribution in [0.1, 0.15) is 205 Å². The van der Waals surface area contributed by atoms with Gasteiger partial charge in [-0.25, -0.2) is 0 Å². The summed E-state index contributed by atoms with van der Waals surface area (Å²) < 4.78 is 15.2. The van der Waals surface area contributed by atoms with Crippen LogP contribution in [0.2, 0.25) is 0 Å². The Labute approximate surface area is 338 Å². The maximum Gasteiger partial charge on any atom is 0.305 e. The Morgan fingerprint density at radius 3 is 1.46 bits per heavy atom. The normalized spacial score (nSPS) is 11.7. The second-order valence-electron chi connectivity index (χ2n) is 15.7. The summed E-state index contributed by atoms with van der Waals surface area (Å²) in [6.45, 7) is 31.0. The summed E-state index contributed by atoms with van der Waals surface area (Å²) in [6, 6.07) is 0. The lowest BCUT2D eigenvalue weighted by Crippen LogP contribution is -2.25. The van der Waals surface area contributed by atoms with Gasteiger partial charge in [0.1, 0.15) is 6.73 Å². The van der Waals surface area contributed by atoms with Crippen molar-refractivity contribution in [2.45, 2.75) is 205 Å². The van der Waals surface area contributed by atoms with Crippen molar-refractivity contribution < 1.29 is 23.8 Å². The van der Waals surface area contributed by atoms with Crippen molar-refractivity contribution in [3.63, 3.8) is 0 Å². The number of unbranched alkanes of at least 4 members (excludes halogenated alkanes) is 9. The first-order valence-electron chi connectivity index (χ1n) is 22.6. The average Bonchev–Trinajstić information content (AvgIpc) is 3.14. The lowest BCUT2D eigenvalue weighted by Gasteiger charge is -2.20. The van der Waals surface area contributed by atoms with Crippen LogP contribution in [0.15, 0.2) is 4.99 Å². The molecule has 0 saturated heterocycles. The zero-order chi connectivity index (χ0) is 41.8. The van der Waals surface area contributed by atoms with E-state index in [1.807, 2.05) is 27.7 Å². The minimum Gasteiger partial charge on any atom is -0.466 e. The average molecular weight is 772 g/mol. The molecule has 0 saturated carbocycles. The lowest BCUT2D eigenvalue weighted by molar-refractivity contribution is -0.145. The highest BCUT2D eigenvalue weighted by atomic mass is 16.5. The fourth-order valence-corrected chi connectivity index (χ4v) is 5.56. The van der Waals surface area contributed by atoms with Crippen molar-refractivity contribution in [3.05, 3.63) is 0 Å². The molecule has 0 bridgehead atoms. The smallest absolute Gasteiger partial charge is 0.305 e. The molecule has 54 heavy (non-hydrogen) atoms. The predicted molar refractivity (Wildman–Crippen MR) is 236 cm³/mol. The summed E-state index contributed by atoms with van der Waals surface area (Å²) in [4.78, 5) is 29.8. The van der Waals surface area contributed by atoms with Crippen LogP contribution in [0.4, 0.5) is 0 Å². The summed E-state index contributed by atoms with van der Waals surface area (Å²) in [5.74, 6) is 3.85. The van der Waals surface area contributed by atoms with E-state index >= 15 is 0 Å². The molecule has 0 aromatic heterocycles. The van der Waals surface area contributed by atoms with Crippen molar-refractivity contribution in [1.29, 1.82) is 0 Å². The van der Waals surface area contributed by atoms with E-state index in [0.29, 0.717) is 38.7 Å². The van der Waals surface area contributed by atoms with Crippen LogP contribution in [-0.2, 0) is 23.8 Å². The molecule has 8 nitrogen and oxygen atoms in total. The maximum atomic E-state index is 12.0. The Bertz CT molecular complexity index is 780. The molecule has 1 N–H and O–H groups in total. The van der Waals surface area contributed by atoms with E-state index < -0.39 is 0 Å². The van der Waals surface area contributed by atoms with Crippen LogP contribution in [0.3, 0.4) is 0 Å². The summed E-state index contributed by atoms with van der Waals surface area (Å²) in [7, 11) is 3.37. The van der Waals surface area contributed by atoms with E-state index in [0.717, 1.165) is 68.7 Å². The minimum absolute atomic E-state index is 0.00872. The Balaban J connectivity index is -0.000000535. The van der Waals surface area contributed by atoms with Gasteiger partial charge in [0, 0.05) is 27.0 Å². The molecule has 1 atom stereocenters. The summed E-state index contributed by atoms with van der Waals surface area (Å²) in [5, 5.41) is 2.91. The van der Waals surface area contributed by atoms with E-state index in [1.54, 1.807) is 14.2 Å². The number of nitrogens with one attached hydrogen (secondary N) is 1. The van der Waals surface area contributed by atoms with Gasteiger partial charge in [0.25, 0.3) is 0 Å². The molecule has 0 heterocycles. The quantitative estimate of drug-likeness (QED) is 0.0247. The third kappa shape index (κ3) is 52.4. The largest absolute Gasteiger partial charge is 0.466 e. The number of aliphatic imine (C=N–C) groups is 1. The van der Waals surface area contributed by atoms with Crippen molar-refractivity contribution >= 4 is 17.8 Å². The van der Waals surface area contributed by atoms with Gasteiger partial charge in [-0.3, -0.25) is 14.6 Å². The molecule has 0 spiro atoms. The van der Waals surface area contributed by atoms with Crippen LogP contribution in [0, 0.1) is 23.7 Å². The number of amidine groups is 1.